The number of hydrogen-bond acceptors (Lipinski definition) is 6. The number of benzene rings is 3. The van der Waals surface area contributed by atoms with E-state index in [9.17, 15) is 23.1 Å². The Bertz CT molecular complexity index is 1320. The first-order chi connectivity index (χ1) is 18.1. The first-order valence-corrected chi connectivity index (χ1v) is 11.2. The maximum Gasteiger partial charge on any atom is 0.416 e. The number of nitrogens with one attached hydrogen (secondary N) is 1. The number of carbonyl (C=O) groups excluding carboxylic acids is 1. The van der Waals surface area contributed by atoms with Gasteiger partial charge >= 0.3 is 6.18 Å². The van der Waals surface area contributed by atoms with Gasteiger partial charge in [0.2, 0.25) is 11.7 Å². The summed E-state index contributed by atoms with van der Waals surface area (Å²) in [6.07, 6.45) is 1.44. The van der Waals surface area contributed by atoms with E-state index in [0.29, 0.717) is 33.9 Å². The Balaban J connectivity index is 1.88. The summed E-state index contributed by atoms with van der Waals surface area (Å²) in [5.74, 6) is 0.558. The maximum absolute atomic E-state index is 12.8. The van der Waals surface area contributed by atoms with Crippen molar-refractivity contribution in [2.75, 3.05) is 33.8 Å². The number of methoxy groups -OCH3 is 4. The normalized spacial score (nSPS) is 11.6. The molecule has 0 fully saturated rings. The van der Waals surface area contributed by atoms with Crippen molar-refractivity contribution in [1.82, 2.24) is 0 Å². The van der Waals surface area contributed by atoms with Gasteiger partial charge in [0.05, 0.1) is 39.7 Å². The second kappa shape index (κ2) is 12.1. The predicted octanol–water partition coefficient (Wildman–Crippen LogP) is 6.27. The molecule has 0 bridgehead atoms. The summed E-state index contributed by atoms with van der Waals surface area (Å²) < 4.78 is 59.5. The molecule has 0 atom stereocenters. The minimum Gasteiger partial charge on any atom is -0.503 e. The zero-order chi connectivity index (χ0) is 27.9. The minimum atomic E-state index is -4.45. The third-order valence-electron chi connectivity index (χ3n) is 5.45. The molecule has 0 aliphatic rings. The summed E-state index contributed by atoms with van der Waals surface area (Å²) in [6, 6.07) is 11.0. The van der Waals surface area contributed by atoms with Gasteiger partial charge < -0.3 is 29.4 Å². The van der Waals surface area contributed by atoms with Crippen LogP contribution in [0.25, 0.3) is 18.2 Å². The standard InChI is InChI=1S/C28H26F3NO6/c1-35-21-13-10-19(9-5-18-15-22(36-2)27(38-4)23(16-18)37-3)25(26(21)34)32-24(33)14-8-17-6-11-20(12-7-17)28(29,30)31/h5-16,34H,1-4H3,(H,32,33)/b9-5+,14-8+. The number of halogens is 3. The highest BCUT2D eigenvalue weighted by Crippen LogP contribution is 2.40. The average Bonchev–Trinajstić information content (AvgIpc) is 2.91. The molecule has 200 valence electrons. The molecule has 0 heterocycles. The molecule has 1 amide bonds. The monoisotopic (exact) mass is 529 g/mol. The summed E-state index contributed by atoms with van der Waals surface area (Å²) >= 11 is 0. The van der Waals surface area contributed by atoms with Crippen LogP contribution >= 0.6 is 0 Å². The Labute approximate surface area is 217 Å². The molecular weight excluding hydrogens is 503 g/mol. The van der Waals surface area contributed by atoms with E-state index in [4.69, 9.17) is 18.9 Å². The fourth-order valence-corrected chi connectivity index (χ4v) is 3.53. The quantitative estimate of drug-likeness (QED) is 0.193. The molecule has 10 heteroatoms. The Kier molecular flexibility index (Phi) is 8.90. The van der Waals surface area contributed by atoms with Crippen molar-refractivity contribution < 1.29 is 42.0 Å². The molecular formula is C28H26F3NO6. The van der Waals surface area contributed by atoms with E-state index in [0.717, 1.165) is 18.2 Å². The van der Waals surface area contributed by atoms with Crippen molar-refractivity contribution in [2.24, 2.45) is 0 Å². The Hall–Kier alpha value is -4.60. The molecule has 2 N–H and O–H groups in total. The van der Waals surface area contributed by atoms with Gasteiger partial charge in [0, 0.05) is 11.6 Å². The van der Waals surface area contributed by atoms with Crippen molar-refractivity contribution in [3.8, 4) is 28.7 Å². The van der Waals surface area contributed by atoms with Crippen LogP contribution in [0.3, 0.4) is 0 Å². The summed E-state index contributed by atoms with van der Waals surface area (Å²) in [4.78, 5) is 12.6. The second-order valence-corrected chi connectivity index (χ2v) is 7.82. The van der Waals surface area contributed by atoms with E-state index in [1.165, 1.54) is 52.7 Å². The molecule has 3 aromatic rings. The molecule has 0 aliphatic heterocycles. The highest BCUT2D eigenvalue weighted by Gasteiger charge is 2.29. The van der Waals surface area contributed by atoms with E-state index in [-0.39, 0.29) is 17.2 Å². The Morgan fingerprint density at radius 3 is 1.92 bits per heavy atom. The predicted molar refractivity (Wildman–Crippen MR) is 139 cm³/mol. The van der Waals surface area contributed by atoms with E-state index in [2.05, 4.69) is 5.32 Å². The van der Waals surface area contributed by atoms with Crippen LogP contribution in [0.1, 0.15) is 22.3 Å². The van der Waals surface area contributed by atoms with E-state index < -0.39 is 17.6 Å². The minimum absolute atomic E-state index is 0.0788. The third-order valence-corrected chi connectivity index (χ3v) is 5.45. The van der Waals surface area contributed by atoms with Crippen molar-refractivity contribution in [2.45, 2.75) is 6.18 Å². The van der Waals surface area contributed by atoms with Gasteiger partial charge in [-0.1, -0.05) is 24.3 Å². The van der Waals surface area contributed by atoms with Crippen LogP contribution in [0.5, 0.6) is 28.7 Å². The molecule has 0 aromatic heterocycles. The van der Waals surface area contributed by atoms with Crippen LogP contribution in [0.4, 0.5) is 18.9 Å². The number of phenols is 1. The molecule has 0 saturated carbocycles. The highest BCUT2D eigenvalue weighted by molar-refractivity contribution is 6.04. The van der Waals surface area contributed by atoms with Crippen LogP contribution < -0.4 is 24.3 Å². The van der Waals surface area contributed by atoms with Crippen molar-refractivity contribution in [3.63, 3.8) is 0 Å². The summed E-state index contributed by atoms with van der Waals surface area (Å²) in [5.41, 5.74) is 0.826. The number of alkyl halides is 3. The lowest BCUT2D eigenvalue weighted by Crippen LogP contribution is -2.09. The topological polar surface area (TPSA) is 86.3 Å². The largest absolute Gasteiger partial charge is 0.503 e. The molecule has 3 rings (SSSR count). The van der Waals surface area contributed by atoms with Gasteiger partial charge in [0.1, 0.15) is 0 Å². The van der Waals surface area contributed by atoms with Gasteiger partial charge in [-0.2, -0.15) is 13.2 Å². The first kappa shape index (κ1) is 28.0. The molecule has 38 heavy (non-hydrogen) atoms. The number of aromatic hydroxyl groups is 1. The zero-order valence-electron chi connectivity index (χ0n) is 21.1. The average molecular weight is 530 g/mol. The number of carbonyl (C=O) groups is 1. The molecule has 0 spiro atoms. The van der Waals surface area contributed by atoms with Crippen LogP contribution in [0.15, 0.2) is 54.6 Å². The van der Waals surface area contributed by atoms with Crippen LogP contribution in [-0.4, -0.2) is 39.5 Å². The fraction of sp³-hybridized carbons (Fsp3) is 0.179. The lowest BCUT2D eigenvalue weighted by atomic mass is 10.1. The number of rotatable bonds is 9. The van der Waals surface area contributed by atoms with Gasteiger partial charge in [-0.3, -0.25) is 4.79 Å². The second-order valence-electron chi connectivity index (χ2n) is 7.82. The van der Waals surface area contributed by atoms with Gasteiger partial charge in [-0.25, -0.2) is 0 Å². The van der Waals surface area contributed by atoms with E-state index >= 15 is 0 Å². The Morgan fingerprint density at radius 1 is 0.789 bits per heavy atom. The summed E-state index contributed by atoms with van der Waals surface area (Å²) in [5, 5.41) is 13.3. The van der Waals surface area contributed by atoms with Crippen molar-refractivity contribution >= 4 is 29.8 Å². The zero-order valence-corrected chi connectivity index (χ0v) is 21.1. The number of anilines is 1. The van der Waals surface area contributed by atoms with Gasteiger partial charge in [-0.15, -0.1) is 0 Å². The fourth-order valence-electron chi connectivity index (χ4n) is 3.53. The number of ether oxygens (including phenoxy) is 4. The first-order valence-electron chi connectivity index (χ1n) is 11.2. The molecule has 0 saturated heterocycles. The van der Waals surface area contributed by atoms with Crippen LogP contribution in [0.2, 0.25) is 0 Å². The maximum atomic E-state index is 12.8. The van der Waals surface area contributed by atoms with Gasteiger partial charge in [0.15, 0.2) is 23.0 Å². The number of amides is 1. The van der Waals surface area contributed by atoms with Gasteiger partial charge in [-0.05, 0) is 53.6 Å². The van der Waals surface area contributed by atoms with E-state index in [1.54, 1.807) is 30.4 Å². The molecule has 0 aliphatic carbocycles. The van der Waals surface area contributed by atoms with Crippen LogP contribution in [-0.2, 0) is 11.0 Å². The third kappa shape index (κ3) is 6.58. The van der Waals surface area contributed by atoms with E-state index in [1.807, 2.05) is 0 Å². The van der Waals surface area contributed by atoms with Gasteiger partial charge in [0.25, 0.3) is 0 Å². The lowest BCUT2D eigenvalue weighted by Gasteiger charge is -2.14. The highest BCUT2D eigenvalue weighted by atomic mass is 19.4. The molecule has 0 radical (unpaired) electrons. The Morgan fingerprint density at radius 2 is 1.39 bits per heavy atom. The summed E-state index contributed by atoms with van der Waals surface area (Å²) in [6.45, 7) is 0. The number of phenolic OH excluding ortho intramolecular Hbond substituents is 1. The smallest absolute Gasteiger partial charge is 0.416 e. The molecule has 3 aromatic carbocycles. The van der Waals surface area contributed by atoms with Crippen LogP contribution in [0, 0.1) is 0 Å². The molecule has 0 unspecified atom stereocenters. The molecule has 7 nitrogen and oxygen atoms in total. The van der Waals surface area contributed by atoms with Crippen molar-refractivity contribution in [1.29, 1.82) is 0 Å². The SMILES string of the molecule is COc1ccc(/C=C/c2cc(OC)c(OC)c(OC)c2)c(NC(=O)/C=C/c2ccc(C(F)(F)F)cc2)c1O. The lowest BCUT2D eigenvalue weighted by molar-refractivity contribution is -0.137. The number of hydrogen-bond donors (Lipinski definition) is 2. The van der Waals surface area contributed by atoms with Crippen molar-refractivity contribution in [3.05, 3.63) is 76.9 Å². The summed E-state index contributed by atoms with van der Waals surface area (Å²) in [7, 11) is 5.86.